The van der Waals surface area contributed by atoms with Gasteiger partial charge in [-0.2, -0.15) is 0 Å². The van der Waals surface area contributed by atoms with Crippen LogP contribution in [0.4, 0.5) is 0 Å². The summed E-state index contributed by atoms with van der Waals surface area (Å²) in [6.07, 6.45) is 2.36. The van der Waals surface area contributed by atoms with E-state index in [1.165, 1.54) is 0 Å². The molecule has 2 N–H and O–H groups in total. The number of likely N-dealkylation sites (tertiary alicyclic amines) is 1. The van der Waals surface area contributed by atoms with Crippen molar-refractivity contribution in [1.29, 1.82) is 0 Å². The third kappa shape index (κ3) is 6.21. The molecule has 136 valence electrons. The molecule has 0 spiro atoms. The van der Waals surface area contributed by atoms with Gasteiger partial charge in [0.05, 0.1) is 0 Å². The molecule has 6 nitrogen and oxygen atoms in total. The molecular weight excluding hydrogens is 320 g/mol. The fourth-order valence-electron chi connectivity index (χ4n) is 3.20. The van der Waals surface area contributed by atoms with Crippen molar-refractivity contribution in [3.8, 4) is 0 Å². The monoisotopic (exact) mass is 346 g/mol. The molecule has 1 saturated heterocycles. The van der Waals surface area contributed by atoms with E-state index in [2.05, 4.69) is 5.32 Å². The molecule has 1 aliphatic rings. The van der Waals surface area contributed by atoms with Crippen LogP contribution in [-0.2, 0) is 20.8 Å². The van der Waals surface area contributed by atoms with Gasteiger partial charge in [-0.05, 0) is 31.2 Å². The summed E-state index contributed by atoms with van der Waals surface area (Å²) in [4.78, 5) is 36.6. The standard InChI is InChI=1S/C19H26N2O4/c1-14(22)21-11-9-16(10-12-21)19(25)20-17(7-8-18(23)24)13-15-5-3-2-4-6-15/h2-6,16-17H,7-13H2,1H3,(H,20,25)(H,23,24). The Balaban J connectivity index is 1.92. The maximum atomic E-state index is 12.6. The van der Waals surface area contributed by atoms with Crippen molar-refractivity contribution < 1.29 is 19.5 Å². The Morgan fingerprint density at radius 2 is 1.84 bits per heavy atom. The largest absolute Gasteiger partial charge is 0.481 e. The lowest BCUT2D eigenvalue weighted by Gasteiger charge is -2.31. The second-order valence-corrected chi connectivity index (χ2v) is 6.61. The minimum absolute atomic E-state index is 0.0283. The van der Waals surface area contributed by atoms with Crippen molar-refractivity contribution >= 4 is 17.8 Å². The third-order valence-corrected chi connectivity index (χ3v) is 4.69. The highest BCUT2D eigenvalue weighted by atomic mass is 16.4. The molecule has 1 heterocycles. The molecule has 1 unspecified atom stereocenters. The number of benzene rings is 1. The third-order valence-electron chi connectivity index (χ3n) is 4.69. The Morgan fingerprint density at radius 3 is 2.40 bits per heavy atom. The van der Waals surface area contributed by atoms with Gasteiger partial charge in [-0.25, -0.2) is 0 Å². The van der Waals surface area contributed by atoms with Crippen molar-refractivity contribution in [1.82, 2.24) is 10.2 Å². The predicted molar refractivity (Wildman–Crippen MR) is 93.9 cm³/mol. The molecule has 2 amide bonds. The minimum atomic E-state index is -0.859. The molecule has 25 heavy (non-hydrogen) atoms. The van der Waals surface area contributed by atoms with Crippen LogP contribution in [0, 0.1) is 5.92 Å². The van der Waals surface area contributed by atoms with E-state index in [9.17, 15) is 14.4 Å². The summed E-state index contributed by atoms with van der Waals surface area (Å²) in [6.45, 7) is 2.75. The Hall–Kier alpha value is -2.37. The first-order valence-corrected chi connectivity index (χ1v) is 8.77. The van der Waals surface area contributed by atoms with Crippen molar-refractivity contribution in [3.05, 3.63) is 35.9 Å². The van der Waals surface area contributed by atoms with E-state index in [1.807, 2.05) is 30.3 Å². The normalized spacial score (nSPS) is 16.3. The number of carboxylic acids is 1. The molecule has 0 radical (unpaired) electrons. The first kappa shape index (κ1) is 19.0. The van der Waals surface area contributed by atoms with E-state index >= 15 is 0 Å². The van der Waals surface area contributed by atoms with Crippen LogP contribution in [-0.4, -0.2) is 46.9 Å². The highest BCUT2D eigenvalue weighted by Gasteiger charge is 2.27. The van der Waals surface area contributed by atoms with Gasteiger partial charge in [0.1, 0.15) is 0 Å². The van der Waals surface area contributed by atoms with Gasteiger partial charge >= 0.3 is 5.97 Å². The van der Waals surface area contributed by atoms with Crippen LogP contribution in [0.3, 0.4) is 0 Å². The summed E-state index contributed by atoms with van der Waals surface area (Å²) in [7, 11) is 0. The highest BCUT2D eigenvalue weighted by molar-refractivity contribution is 5.80. The van der Waals surface area contributed by atoms with Crippen LogP contribution < -0.4 is 5.32 Å². The second kappa shape index (κ2) is 9.20. The molecule has 2 rings (SSSR count). The molecule has 1 atom stereocenters. The first-order chi connectivity index (χ1) is 12.0. The van der Waals surface area contributed by atoms with Crippen LogP contribution in [0.2, 0.25) is 0 Å². The molecule has 6 heteroatoms. The van der Waals surface area contributed by atoms with Gasteiger partial charge in [-0.15, -0.1) is 0 Å². The van der Waals surface area contributed by atoms with Gasteiger partial charge in [0.25, 0.3) is 0 Å². The zero-order valence-corrected chi connectivity index (χ0v) is 14.6. The fourth-order valence-corrected chi connectivity index (χ4v) is 3.20. The highest BCUT2D eigenvalue weighted by Crippen LogP contribution is 2.18. The average molecular weight is 346 g/mol. The topological polar surface area (TPSA) is 86.7 Å². The van der Waals surface area contributed by atoms with Crippen LogP contribution in [0.5, 0.6) is 0 Å². The maximum Gasteiger partial charge on any atom is 0.303 e. The van der Waals surface area contributed by atoms with Gasteiger partial charge in [0.2, 0.25) is 11.8 Å². The smallest absolute Gasteiger partial charge is 0.303 e. The zero-order valence-electron chi connectivity index (χ0n) is 14.6. The quantitative estimate of drug-likeness (QED) is 0.789. The van der Waals surface area contributed by atoms with Crippen LogP contribution >= 0.6 is 0 Å². The van der Waals surface area contributed by atoms with Crippen molar-refractivity contribution in [2.24, 2.45) is 5.92 Å². The van der Waals surface area contributed by atoms with Gasteiger partial charge < -0.3 is 15.3 Å². The molecule has 1 aliphatic heterocycles. The van der Waals surface area contributed by atoms with Crippen LogP contribution in [0.25, 0.3) is 0 Å². The number of nitrogens with zero attached hydrogens (tertiary/aromatic N) is 1. The summed E-state index contributed by atoms with van der Waals surface area (Å²) < 4.78 is 0. The number of carboxylic acid groups (broad SMARTS) is 1. The molecule has 0 aromatic heterocycles. The lowest BCUT2D eigenvalue weighted by Crippen LogP contribution is -2.45. The molecule has 0 bridgehead atoms. The Labute approximate surface area is 148 Å². The Morgan fingerprint density at radius 1 is 1.20 bits per heavy atom. The van der Waals surface area contributed by atoms with E-state index in [4.69, 9.17) is 5.11 Å². The molecule has 0 aliphatic carbocycles. The molecule has 1 aromatic carbocycles. The number of carbonyl (C=O) groups excluding carboxylic acids is 2. The van der Waals surface area contributed by atoms with E-state index in [-0.39, 0.29) is 30.2 Å². The molecular formula is C19H26N2O4. The first-order valence-electron chi connectivity index (χ1n) is 8.77. The zero-order chi connectivity index (χ0) is 18.2. The summed E-state index contributed by atoms with van der Waals surface area (Å²) in [6, 6.07) is 9.55. The number of rotatable bonds is 7. The van der Waals surface area contributed by atoms with E-state index in [0.717, 1.165) is 5.56 Å². The van der Waals surface area contributed by atoms with Crippen molar-refractivity contribution in [2.75, 3.05) is 13.1 Å². The number of aliphatic carboxylic acids is 1. The Bertz CT molecular complexity index is 595. The summed E-state index contributed by atoms with van der Waals surface area (Å²) in [5.41, 5.74) is 1.07. The number of hydrogen-bond donors (Lipinski definition) is 2. The Kier molecular flexibility index (Phi) is 6.98. The second-order valence-electron chi connectivity index (χ2n) is 6.61. The summed E-state index contributed by atoms with van der Waals surface area (Å²) in [5, 5.41) is 12.0. The van der Waals surface area contributed by atoms with Crippen molar-refractivity contribution in [2.45, 2.75) is 45.1 Å². The van der Waals surface area contributed by atoms with Crippen molar-refractivity contribution in [3.63, 3.8) is 0 Å². The van der Waals surface area contributed by atoms with Gasteiger partial charge in [0, 0.05) is 38.4 Å². The van der Waals surface area contributed by atoms with E-state index < -0.39 is 5.97 Å². The summed E-state index contributed by atoms with van der Waals surface area (Å²) in [5.74, 6) is -0.961. The number of piperidine rings is 1. The van der Waals surface area contributed by atoms with Gasteiger partial charge in [0.15, 0.2) is 0 Å². The fraction of sp³-hybridized carbons (Fsp3) is 0.526. The lowest BCUT2D eigenvalue weighted by molar-refractivity contribution is -0.137. The molecule has 0 saturated carbocycles. The van der Waals surface area contributed by atoms with E-state index in [0.29, 0.717) is 38.8 Å². The number of hydrogen-bond acceptors (Lipinski definition) is 3. The van der Waals surface area contributed by atoms with Gasteiger partial charge in [-0.3, -0.25) is 14.4 Å². The lowest BCUT2D eigenvalue weighted by atomic mass is 9.94. The average Bonchev–Trinajstić information content (AvgIpc) is 2.60. The van der Waals surface area contributed by atoms with Gasteiger partial charge in [-0.1, -0.05) is 30.3 Å². The maximum absolute atomic E-state index is 12.6. The molecule has 1 aromatic rings. The minimum Gasteiger partial charge on any atom is -0.481 e. The molecule has 1 fully saturated rings. The van der Waals surface area contributed by atoms with Crippen LogP contribution in [0.1, 0.15) is 38.2 Å². The van der Waals surface area contributed by atoms with Crippen LogP contribution in [0.15, 0.2) is 30.3 Å². The summed E-state index contributed by atoms with van der Waals surface area (Å²) >= 11 is 0. The number of nitrogens with one attached hydrogen (secondary N) is 1. The number of amides is 2. The number of carbonyl (C=O) groups is 3. The predicted octanol–water partition coefficient (Wildman–Crippen LogP) is 1.84. The van der Waals surface area contributed by atoms with E-state index in [1.54, 1.807) is 11.8 Å². The SMILES string of the molecule is CC(=O)N1CCC(C(=O)NC(CCC(=O)O)Cc2ccccc2)CC1.